The number of hydrogen-bond acceptors (Lipinski definition) is 2. The lowest BCUT2D eigenvalue weighted by atomic mass is 9.77. The SMILES string of the molecule is CC(CN)CNC(=O)C1(c2ccc(C(C)C)cc2)CCCC1.Cl. The van der Waals surface area contributed by atoms with Gasteiger partial charge in [0.05, 0.1) is 5.41 Å². The third-order valence-electron chi connectivity index (χ3n) is 5.04. The summed E-state index contributed by atoms with van der Waals surface area (Å²) < 4.78 is 0. The minimum absolute atomic E-state index is 0. The number of carbonyl (C=O) groups is 1. The minimum Gasteiger partial charge on any atom is -0.355 e. The molecule has 0 aliphatic heterocycles. The third kappa shape index (κ3) is 4.48. The average Bonchev–Trinajstić information content (AvgIpc) is 3.03. The highest BCUT2D eigenvalue weighted by atomic mass is 35.5. The fraction of sp³-hybridized carbons (Fsp3) is 0.632. The summed E-state index contributed by atoms with van der Waals surface area (Å²) in [6, 6.07) is 8.67. The Balaban J connectivity index is 0.00000264. The van der Waals surface area contributed by atoms with Crippen LogP contribution in [0.2, 0.25) is 0 Å². The molecule has 3 nitrogen and oxygen atoms in total. The predicted molar refractivity (Wildman–Crippen MR) is 99.2 cm³/mol. The topological polar surface area (TPSA) is 55.1 Å². The van der Waals surface area contributed by atoms with E-state index >= 15 is 0 Å². The van der Waals surface area contributed by atoms with Gasteiger partial charge in [0.15, 0.2) is 0 Å². The normalized spacial score (nSPS) is 17.6. The van der Waals surface area contributed by atoms with Gasteiger partial charge < -0.3 is 11.1 Å². The van der Waals surface area contributed by atoms with Crippen molar-refractivity contribution in [2.24, 2.45) is 11.7 Å². The van der Waals surface area contributed by atoms with Crippen LogP contribution in [0.1, 0.15) is 63.5 Å². The number of halogens is 1. The molecule has 1 atom stereocenters. The van der Waals surface area contributed by atoms with Gasteiger partial charge in [-0.3, -0.25) is 4.79 Å². The summed E-state index contributed by atoms with van der Waals surface area (Å²) in [5.74, 6) is 1.03. The van der Waals surface area contributed by atoms with E-state index < -0.39 is 0 Å². The van der Waals surface area contributed by atoms with Gasteiger partial charge in [0.2, 0.25) is 5.91 Å². The molecule has 0 aromatic heterocycles. The molecule has 0 heterocycles. The predicted octanol–water partition coefficient (Wildman–Crippen LogP) is 3.75. The lowest BCUT2D eigenvalue weighted by molar-refractivity contribution is -0.126. The molecule has 1 aromatic carbocycles. The monoisotopic (exact) mass is 338 g/mol. The van der Waals surface area contributed by atoms with Gasteiger partial charge in [0.25, 0.3) is 0 Å². The Labute approximate surface area is 146 Å². The maximum Gasteiger partial charge on any atom is 0.230 e. The standard InChI is InChI=1S/C19H30N2O.ClH/c1-14(2)16-6-8-17(9-7-16)19(10-4-5-11-19)18(22)21-13-15(3)12-20;/h6-9,14-15H,4-5,10-13,20H2,1-3H3,(H,21,22);1H. The summed E-state index contributed by atoms with van der Waals surface area (Å²) in [5.41, 5.74) is 7.82. The van der Waals surface area contributed by atoms with Crippen molar-refractivity contribution in [3.05, 3.63) is 35.4 Å². The highest BCUT2D eigenvalue weighted by Gasteiger charge is 2.42. The second-order valence-corrected chi connectivity index (χ2v) is 7.12. The van der Waals surface area contributed by atoms with E-state index in [1.165, 1.54) is 11.1 Å². The number of hydrogen-bond donors (Lipinski definition) is 2. The molecule has 1 aromatic rings. The Kier molecular flexibility index (Phi) is 7.56. The maximum atomic E-state index is 12.9. The maximum absolute atomic E-state index is 12.9. The quantitative estimate of drug-likeness (QED) is 0.829. The smallest absolute Gasteiger partial charge is 0.230 e. The fourth-order valence-electron chi connectivity index (χ4n) is 3.33. The highest BCUT2D eigenvalue weighted by molar-refractivity contribution is 5.88. The van der Waals surface area contributed by atoms with Crippen molar-refractivity contribution in [3.63, 3.8) is 0 Å². The summed E-state index contributed by atoms with van der Waals surface area (Å²) in [6.07, 6.45) is 4.17. The van der Waals surface area contributed by atoms with E-state index in [2.05, 4.69) is 50.4 Å². The molecule has 23 heavy (non-hydrogen) atoms. The van der Waals surface area contributed by atoms with Gasteiger partial charge in [-0.25, -0.2) is 0 Å². The van der Waals surface area contributed by atoms with Gasteiger partial charge in [0.1, 0.15) is 0 Å². The third-order valence-corrected chi connectivity index (χ3v) is 5.04. The Hall–Kier alpha value is -1.06. The van der Waals surface area contributed by atoms with Crippen molar-refractivity contribution in [1.82, 2.24) is 5.32 Å². The first kappa shape index (κ1) is 20.0. The molecule has 1 unspecified atom stereocenters. The van der Waals surface area contributed by atoms with Gasteiger partial charge in [0, 0.05) is 6.54 Å². The fourth-order valence-corrected chi connectivity index (χ4v) is 3.33. The molecular weight excluding hydrogens is 308 g/mol. The van der Waals surface area contributed by atoms with Gasteiger partial charge in [-0.15, -0.1) is 12.4 Å². The summed E-state index contributed by atoms with van der Waals surface area (Å²) in [6.45, 7) is 7.74. The van der Waals surface area contributed by atoms with E-state index in [1.807, 2.05) is 0 Å². The van der Waals surface area contributed by atoms with Crippen molar-refractivity contribution in [2.75, 3.05) is 13.1 Å². The van der Waals surface area contributed by atoms with Crippen LogP contribution in [0.15, 0.2) is 24.3 Å². The zero-order valence-corrected chi connectivity index (χ0v) is 15.4. The van der Waals surface area contributed by atoms with Gasteiger partial charge in [-0.05, 0) is 42.3 Å². The first-order valence-electron chi connectivity index (χ1n) is 8.58. The van der Waals surface area contributed by atoms with Crippen LogP contribution < -0.4 is 11.1 Å². The molecule has 1 fully saturated rings. The Bertz CT molecular complexity index is 493. The average molecular weight is 339 g/mol. The molecule has 0 radical (unpaired) electrons. The first-order valence-corrected chi connectivity index (χ1v) is 8.58. The lowest BCUT2D eigenvalue weighted by Crippen LogP contribution is -2.44. The van der Waals surface area contributed by atoms with E-state index in [4.69, 9.17) is 5.73 Å². The zero-order valence-electron chi connectivity index (χ0n) is 14.6. The van der Waals surface area contributed by atoms with Crippen molar-refractivity contribution >= 4 is 18.3 Å². The van der Waals surface area contributed by atoms with Gasteiger partial charge in [-0.2, -0.15) is 0 Å². The largest absolute Gasteiger partial charge is 0.355 e. The summed E-state index contributed by atoms with van der Waals surface area (Å²) in [4.78, 5) is 12.9. The number of rotatable bonds is 6. The molecule has 1 aliphatic rings. The van der Waals surface area contributed by atoms with Crippen LogP contribution in [-0.4, -0.2) is 19.0 Å². The second kappa shape index (κ2) is 8.70. The van der Waals surface area contributed by atoms with Gasteiger partial charge in [-0.1, -0.05) is 57.9 Å². The zero-order chi connectivity index (χ0) is 16.2. The summed E-state index contributed by atoms with van der Waals surface area (Å²) in [7, 11) is 0. The molecule has 2 rings (SSSR count). The van der Waals surface area contributed by atoms with E-state index in [9.17, 15) is 4.79 Å². The Morgan fingerprint density at radius 3 is 2.22 bits per heavy atom. The lowest BCUT2D eigenvalue weighted by Gasteiger charge is -2.29. The van der Waals surface area contributed by atoms with Crippen molar-refractivity contribution in [1.29, 1.82) is 0 Å². The van der Waals surface area contributed by atoms with Crippen LogP contribution in [0.3, 0.4) is 0 Å². The van der Waals surface area contributed by atoms with Crippen LogP contribution >= 0.6 is 12.4 Å². The van der Waals surface area contributed by atoms with Crippen molar-refractivity contribution < 1.29 is 4.79 Å². The van der Waals surface area contributed by atoms with Crippen LogP contribution in [-0.2, 0) is 10.2 Å². The molecule has 130 valence electrons. The molecule has 4 heteroatoms. The van der Waals surface area contributed by atoms with E-state index in [-0.39, 0.29) is 23.7 Å². The number of nitrogens with two attached hydrogens (primary N) is 1. The van der Waals surface area contributed by atoms with Gasteiger partial charge >= 0.3 is 0 Å². The first-order chi connectivity index (χ1) is 10.5. The van der Waals surface area contributed by atoms with Crippen LogP contribution in [0.4, 0.5) is 0 Å². The molecule has 1 saturated carbocycles. The number of amides is 1. The van der Waals surface area contributed by atoms with Crippen LogP contribution in [0.25, 0.3) is 0 Å². The molecule has 0 saturated heterocycles. The molecule has 0 spiro atoms. The van der Waals surface area contributed by atoms with E-state index in [0.717, 1.165) is 25.7 Å². The van der Waals surface area contributed by atoms with E-state index in [0.29, 0.717) is 24.9 Å². The summed E-state index contributed by atoms with van der Waals surface area (Å²) >= 11 is 0. The Morgan fingerprint density at radius 2 is 1.74 bits per heavy atom. The second-order valence-electron chi connectivity index (χ2n) is 7.12. The highest BCUT2D eigenvalue weighted by Crippen LogP contribution is 2.41. The molecule has 0 bridgehead atoms. The Morgan fingerprint density at radius 1 is 1.17 bits per heavy atom. The van der Waals surface area contributed by atoms with Crippen molar-refractivity contribution in [2.45, 2.75) is 57.8 Å². The van der Waals surface area contributed by atoms with Crippen LogP contribution in [0.5, 0.6) is 0 Å². The van der Waals surface area contributed by atoms with Crippen LogP contribution in [0, 0.1) is 5.92 Å². The molecule has 1 aliphatic carbocycles. The summed E-state index contributed by atoms with van der Waals surface area (Å²) in [5, 5.41) is 3.13. The van der Waals surface area contributed by atoms with E-state index in [1.54, 1.807) is 0 Å². The molecule has 3 N–H and O–H groups in total. The number of carbonyl (C=O) groups excluding carboxylic acids is 1. The minimum atomic E-state index is -0.330. The number of benzene rings is 1. The molecular formula is C19H31ClN2O. The molecule has 1 amide bonds. The van der Waals surface area contributed by atoms with Crippen molar-refractivity contribution in [3.8, 4) is 0 Å². The number of nitrogens with one attached hydrogen (secondary N) is 1.